The zero-order valence-electron chi connectivity index (χ0n) is 11.0. The molecular formula is C13H15Cl2N3O2. The largest absolute Gasteiger partial charge is 0.353 e. The van der Waals surface area contributed by atoms with Gasteiger partial charge in [-0.2, -0.15) is 0 Å². The smallest absolute Gasteiger partial charge is 0.322 e. The first-order chi connectivity index (χ1) is 9.52. The van der Waals surface area contributed by atoms with Crippen LogP contribution in [0.25, 0.3) is 0 Å². The molecule has 3 amide bonds. The van der Waals surface area contributed by atoms with Crippen LogP contribution < -0.4 is 10.6 Å². The maximum atomic E-state index is 12.3. The van der Waals surface area contributed by atoms with Gasteiger partial charge >= 0.3 is 6.03 Å². The van der Waals surface area contributed by atoms with Gasteiger partial charge in [0.15, 0.2) is 0 Å². The van der Waals surface area contributed by atoms with Gasteiger partial charge in [-0.05, 0) is 24.6 Å². The van der Waals surface area contributed by atoms with Crippen molar-refractivity contribution in [3.63, 3.8) is 0 Å². The first-order valence-electron chi connectivity index (χ1n) is 6.33. The minimum atomic E-state index is -0.449. The Labute approximate surface area is 127 Å². The number of carbonyl (C=O) groups excluding carboxylic acids is 2. The Morgan fingerprint density at radius 2 is 2.25 bits per heavy atom. The van der Waals surface area contributed by atoms with Crippen molar-refractivity contribution in [3.05, 3.63) is 28.2 Å². The molecule has 2 rings (SSSR count). The van der Waals surface area contributed by atoms with Crippen molar-refractivity contribution in [1.29, 1.82) is 0 Å². The first-order valence-corrected chi connectivity index (χ1v) is 7.09. The van der Waals surface area contributed by atoms with Crippen molar-refractivity contribution in [1.82, 2.24) is 10.2 Å². The number of carbonyl (C=O) groups is 2. The SMILES string of the molecule is CCC1C(=O)NCCN1C(=O)Nc1ccc(Cl)cc1Cl. The molecule has 0 bridgehead atoms. The Kier molecular flexibility index (Phi) is 4.73. The number of piperazine rings is 1. The van der Waals surface area contributed by atoms with Crippen LogP contribution in [0.3, 0.4) is 0 Å². The molecular weight excluding hydrogens is 301 g/mol. The van der Waals surface area contributed by atoms with Crippen LogP contribution in [0.4, 0.5) is 10.5 Å². The van der Waals surface area contributed by atoms with Crippen LogP contribution in [0.2, 0.25) is 10.0 Å². The minimum Gasteiger partial charge on any atom is -0.353 e. The quantitative estimate of drug-likeness (QED) is 0.881. The molecule has 108 valence electrons. The average molecular weight is 316 g/mol. The summed E-state index contributed by atoms with van der Waals surface area (Å²) in [6, 6.07) is 4.04. The van der Waals surface area contributed by atoms with Crippen molar-refractivity contribution in [2.24, 2.45) is 0 Å². The fraction of sp³-hybridized carbons (Fsp3) is 0.385. The van der Waals surface area contributed by atoms with E-state index in [2.05, 4.69) is 10.6 Å². The second-order valence-electron chi connectivity index (χ2n) is 4.46. The standard InChI is InChI=1S/C13H15Cl2N3O2/c1-2-11-12(19)16-5-6-18(11)13(20)17-10-4-3-8(14)7-9(10)15/h3-4,7,11H,2,5-6H2,1H3,(H,16,19)(H,17,20). The number of nitrogens with one attached hydrogen (secondary N) is 2. The molecule has 1 fully saturated rings. The summed E-state index contributed by atoms with van der Waals surface area (Å²) in [6.45, 7) is 2.80. The average Bonchev–Trinajstić information content (AvgIpc) is 2.41. The molecule has 1 saturated heterocycles. The molecule has 5 nitrogen and oxygen atoms in total. The predicted octanol–water partition coefficient (Wildman–Crippen LogP) is 2.74. The Balaban J connectivity index is 2.12. The van der Waals surface area contributed by atoms with E-state index in [9.17, 15) is 9.59 Å². The van der Waals surface area contributed by atoms with E-state index in [1.165, 1.54) is 4.90 Å². The van der Waals surface area contributed by atoms with E-state index in [-0.39, 0.29) is 11.9 Å². The molecule has 0 spiro atoms. The van der Waals surface area contributed by atoms with E-state index in [4.69, 9.17) is 23.2 Å². The fourth-order valence-electron chi connectivity index (χ4n) is 2.14. The first kappa shape index (κ1) is 14.9. The van der Waals surface area contributed by atoms with Gasteiger partial charge in [0.25, 0.3) is 0 Å². The third kappa shape index (κ3) is 3.16. The highest BCUT2D eigenvalue weighted by Crippen LogP contribution is 2.26. The number of halogens is 2. The summed E-state index contributed by atoms with van der Waals surface area (Å²) < 4.78 is 0. The molecule has 1 aliphatic rings. The number of nitrogens with zero attached hydrogens (tertiary/aromatic N) is 1. The van der Waals surface area contributed by atoms with Gasteiger partial charge in [0.2, 0.25) is 5.91 Å². The Morgan fingerprint density at radius 1 is 1.50 bits per heavy atom. The van der Waals surface area contributed by atoms with Crippen LogP contribution >= 0.6 is 23.2 Å². The van der Waals surface area contributed by atoms with Crippen LogP contribution in [-0.2, 0) is 4.79 Å². The van der Waals surface area contributed by atoms with Crippen molar-refractivity contribution in [2.75, 3.05) is 18.4 Å². The lowest BCUT2D eigenvalue weighted by Gasteiger charge is -2.34. The third-order valence-corrected chi connectivity index (χ3v) is 3.70. The van der Waals surface area contributed by atoms with Gasteiger partial charge < -0.3 is 15.5 Å². The number of rotatable bonds is 2. The zero-order valence-corrected chi connectivity index (χ0v) is 12.5. The number of hydrogen-bond donors (Lipinski definition) is 2. The molecule has 2 N–H and O–H groups in total. The van der Waals surface area contributed by atoms with Crippen LogP contribution in [0.1, 0.15) is 13.3 Å². The minimum absolute atomic E-state index is 0.129. The maximum absolute atomic E-state index is 12.3. The maximum Gasteiger partial charge on any atom is 0.322 e. The molecule has 7 heteroatoms. The van der Waals surface area contributed by atoms with Gasteiger partial charge in [-0.3, -0.25) is 4.79 Å². The highest BCUT2D eigenvalue weighted by atomic mass is 35.5. The molecule has 1 aromatic carbocycles. The van der Waals surface area contributed by atoms with Crippen LogP contribution in [0, 0.1) is 0 Å². The number of amides is 3. The topological polar surface area (TPSA) is 61.4 Å². The molecule has 0 radical (unpaired) electrons. The second kappa shape index (κ2) is 6.33. The number of anilines is 1. The van der Waals surface area contributed by atoms with Crippen LogP contribution in [-0.4, -0.2) is 36.0 Å². The number of benzene rings is 1. The molecule has 0 aliphatic carbocycles. The fourth-order valence-corrected chi connectivity index (χ4v) is 2.60. The predicted molar refractivity (Wildman–Crippen MR) is 79.3 cm³/mol. The van der Waals surface area contributed by atoms with Crippen LogP contribution in [0.5, 0.6) is 0 Å². The molecule has 1 heterocycles. The van der Waals surface area contributed by atoms with Crippen molar-refractivity contribution >= 4 is 40.8 Å². The number of hydrogen-bond acceptors (Lipinski definition) is 2. The Bertz CT molecular complexity index is 536. The molecule has 1 aliphatic heterocycles. The summed E-state index contributed by atoms with van der Waals surface area (Å²) in [7, 11) is 0. The summed E-state index contributed by atoms with van der Waals surface area (Å²) >= 11 is 11.8. The van der Waals surface area contributed by atoms with Gasteiger partial charge in [0.1, 0.15) is 6.04 Å². The second-order valence-corrected chi connectivity index (χ2v) is 5.31. The zero-order chi connectivity index (χ0) is 14.7. The summed E-state index contributed by atoms with van der Waals surface area (Å²) in [4.78, 5) is 25.5. The monoisotopic (exact) mass is 315 g/mol. The molecule has 20 heavy (non-hydrogen) atoms. The summed E-state index contributed by atoms with van der Waals surface area (Å²) in [6.07, 6.45) is 0.563. The van der Waals surface area contributed by atoms with E-state index < -0.39 is 6.04 Å². The van der Waals surface area contributed by atoms with Crippen molar-refractivity contribution in [3.8, 4) is 0 Å². The molecule has 1 atom stereocenters. The summed E-state index contributed by atoms with van der Waals surface area (Å²) in [5, 5.41) is 6.31. The Hall–Kier alpha value is -1.46. The van der Waals surface area contributed by atoms with Gasteiger partial charge in [-0.1, -0.05) is 30.1 Å². The molecule has 1 aromatic rings. The van der Waals surface area contributed by atoms with Crippen molar-refractivity contribution < 1.29 is 9.59 Å². The molecule has 0 saturated carbocycles. The summed E-state index contributed by atoms with van der Waals surface area (Å²) in [5.74, 6) is -0.129. The molecule has 1 unspecified atom stereocenters. The molecule has 0 aromatic heterocycles. The lowest BCUT2D eigenvalue weighted by Crippen LogP contribution is -2.57. The van der Waals surface area contributed by atoms with E-state index in [0.29, 0.717) is 35.2 Å². The highest BCUT2D eigenvalue weighted by Gasteiger charge is 2.31. The summed E-state index contributed by atoms with van der Waals surface area (Å²) in [5.41, 5.74) is 0.474. The van der Waals surface area contributed by atoms with Crippen molar-refractivity contribution in [2.45, 2.75) is 19.4 Å². The highest BCUT2D eigenvalue weighted by molar-refractivity contribution is 6.36. The van der Waals surface area contributed by atoms with Gasteiger partial charge in [0.05, 0.1) is 10.7 Å². The van der Waals surface area contributed by atoms with Gasteiger partial charge in [-0.15, -0.1) is 0 Å². The van der Waals surface area contributed by atoms with Crippen LogP contribution in [0.15, 0.2) is 18.2 Å². The third-order valence-electron chi connectivity index (χ3n) is 3.15. The van der Waals surface area contributed by atoms with Gasteiger partial charge in [-0.25, -0.2) is 4.79 Å². The van der Waals surface area contributed by atoms with E-state index in [1.807, 2.05) is 6.92 Å². The lowest BCUT2D eigenvalue weighted by molar-refractivity contribution is -0.127. The van der Waals surface area contributed by atoms with E-state index >= 15 is 0 Å². The number of urea groups is 1. The van der Waals surface area contributed by atoms with E-state index in [1.54, 1.807) is 18.2 Å². The normalized spacial score (nSPS) is 18.6. The Morgan fingerprint density at radius 3 is 2.90 bits per heavy atom. The lowest BCUT2D eigenvalue weighted by atomic mass is 10.1. The van der Waals surface area contributed by atoms with Gasteiger partial charge in [0, 0.05) is 18.1 Å². The van der Waals surface area contributed by atoms with E-state index in [0.717, 1.165) is 0 Å².